The Kier molecular flexibility index (Phi) is 7.95. The van der Waals surface area contributed by atoms with E-state index in [4.69, 9.17) is 9.47 Å². The Morgan fingerprint density at radius 2 is 1.52 bits per heavy atom. The zero-order valence-corrected chi connectivity index (χ0v) is 19.8. The Hall–Kier alpha value is -3.52. The van der Waals surface area contributed by atoms with Crippen molar-refractivity contribution in [2.75, 3.05) is 31.3 Å². The maximum atomic E-state index is 12.5. The third-order valence-corrected chi connectivity index (χ3v) is 6.27. The van der Waals surface area contributed by atoms with Gasteiger partial charge in [0, 0.05) is 12.1 Å². The monoisotopic (exact) mass is 468 g/mol. The Labute approximate surface area is 195 Å². The predicted octanol–water partition coefficient (Wildman–Crippen LogP) is 3.64. The van der Waals surface area contributed by atoms with E-state index in [9.17, 15) is 13.2 Å². The molecule has 0 spiro atoms. The second-order valence-corrected chi connectivity index (χ2v) is 9.40. The van der Waals surface area contributed by atoms with E-state index in [1.54, 1.807) is 62.8 Å². The Balaban J connectivity index is 1.60. The number of nitrogens with zero attached hydrogens (tertiary/aromatic N) is 1. The Bertz CT molecular complexity index is 1180. The molecule has 1 amide bonds. The fraction of sp³-hybridized carbons (Fsp3) is 0.240. The van der Waals surface area contributed by atoms with Gasteiger partial charge in [-0.25, -0.2) is 8.42 Å². The molecule has 0 aliphatic carbocycles. The molecule has 0 saturated carbocycles. The maximum absolute atomic E-state index is 12.5. The number of ether oxygens (including phenoxy) is 2. The summed E-state index contributed by atoms with van der Waals surface area (Å²) in [5.41, 5.74) is 2.91. The van der Waals surface area contributed by atoms with E-state index in [1.165, 1.54) is 10.6 Å². The molecular weight excluding hydrogens is 440 g/mol. The fourth-order valence-electron chi connectivity index (χ4n) is 3.38. The summed E-state index contributed by atoms with van der Waals surface area (Å²) in [6.07, 6.45) is 1.82. The van der Waals surface area contributed by atoms with Crippen LogP contribution in [0.1, 0.15) is 21.5 Å². The van der Waals surface area contributed by atoms with Crippen molar-refractivity contribution in [2.45, 2.75) is 13.0 Å². The van der Waals surface area contributed by atoms with Crippen LogP contribution >= 0.6 is 0 Å². The van der Waals surface area contributed by atoms with Crippen LogP contribution in [0.3, 0.4) is 0 Å². The third-order valence-electron chi connectivity index (χ3n) is 5.13. The number of methoxy groups -OCH3 is 2. The first-order chi connectivity index (χ1) is 15.8. The van der Waals surface area contributed by atoms with E-state index in [1.807, 2.05) is 24.3 Å². The summed E-state index contributed by atoms with van der Waals surface area (Å²) >= 11 is 0. The molecule has 3 aromatic rings. The largest absolute Gasteiger partial charge is 0.493 e. The molecule has 0 radical (unpaired) electrons. The number of carbonyl (C=O) groups excluding carboxylic acids is 1. The van der Waals surface area contributed by atoms with E-state index < -0.39 is 10.0 Å². The second kappa shape index (κ2) is 10.9. The zero-order chi connectivity index (χ0) is 23.8. The van der Waals surface area contributed by atoms with E-state index in [-0.39, 0.29) is 12.5 Å². The van der Waals surface area contributed by atoms with Crippen molar-refractivity contribution in [3.8, 4) is 11.5 Å². The summed E-state index contributed by atoms with van der Waals surface area (Å²) in [4.78, 5) is 12.5. The van der Waals surface area contributed by atoms with Crippen molar-refractivity contribution in [3.05, 3.63) is 89.5 Å². The lowest BCUT2D eigenvalue weighted by Crippen LogP contribution is -2.29. The second-order valence-electron chi connectivity index (χ2n) is 7.50. The minimum Gasteiger partial charge on any atom is -0.493 e. The first-order valence-electron chi connectivity index (χ1n) is 10.4. The first-order valence-corrected chi connectivity index (χ1v) is 12.3. The number of anilines is 1. The molecule has 33 heavy (non-hydrogen) atoms. The fourth-order valence-corrected chi connectivity index (χ4v) is 4.27. The highest BCUT2D eigenvalue weighted by Crippen LogP contribution is 2.27. The molecule has 0 saturated heterocycles. The van der Waals surface area contributed by atoms with Crippen molar-refractivity contribution < 1.29 is 22.7 Å². The van der Waals surface area contributed by atoms with Gasteiger partial charge in [0.25, 0.3) is 5.91 Å². The van der Waals surface area contributed by atoms with Gasteiger partial charge in [-0.1, -0.05) is 36.4 Å². The Morgan fingerprint density at radius 1 is 0.879 bits per heavy atom. The van der Waals surface area contributed by atoms with Crippen molar-refractivity contribution in [1.29, 1.82) is 0 Å². The van der Waals surface area contributed by atoms with Gasteiger partial charge in [0.15, 0.2) is 11.5 Å². The van der Waals surface area contributed by atoms with Gasteiger partial charge in [0.2, 0.25) is 10.0 Å². The molecule has 0 fully saturated rings. The molecule has 0 unspecified atom stereocenters. The molecule has 0 atom stereocenters. The van der Waals surface area contributed by atoms with Crippen LogP contribution in [0, 0.1) is 0 Å². The summed E-state index contributed by atoms with van der Waals surface area (Å²) in [6.45, 7) is 0.649. The number of carbonyl (C=O) groups is 1. The molecule has 0 bridgehead atoms. The molecule has 8 heteroatoms. The van der Waals surface area contributed by atoms with Crippen LogP contribution in [-0.2, 0) is 23.0 Å². The van der Waals surface area contributed by atoms with E-state index in [2.05, 4.69) is 5.32 Å². The van der Waals surface area contributed by atoms with Gasteiger partial charge in [-0.3, -0.25) is 9.10 Å². The van der Waals surface area contributed by atoms with Gasteiger partial charge in [0.1, 0.15) is 0 Å². The minimum absolute atomic E-state index is 0.185. The van der Waals surface area contributed by atoms with Crippen LogP contribution in [-0.4, -0.2) is 41.3 Å². The first kappa shape index (κ1) is 24.1. The third kappa shape index (κ3) is 6.49. The van der Waals surface area contributed by atoms with Gasteiger partial charge in [0.05, 0.1) is 32.7 Å². The number of rotatable bonds is 10. The maximum Gasteiger partial charge on any atom is 0.251 e. The lowest BCUT2D eigenvalue weighted by Gasteiger charge is -2.22. The van der Waals surface area contributed by atoms with Gasteiger partial charge in [-0.05, 0) is 53.9 Å². The summed E-state index contributed by atoms with van der Waals surface area (Å²) in [6, 6.07) is 21.5. The SMILES string of the molecule is COc1ccc(CCNC(=O)c2ccc(CN(c3ccccc3)S(C)(=O)=O)cc2)cc1OC. The standard InChI is InChI=1S/C25H28N2O5S/c1-31-23-14-11-19(17-24(23)32-2)15-16-26-25(28)21-12-9-20(10-13-21)18-27(33(3,29)30)22-7-5-4-6-8-22/h4-14,17H,15-16,18H2,1-3H3,(H,26,28). The Morgan fingerprint density at radius 3 is 2.12 bits per heavy atom. The average Bonchev–Trinajstić information content (AvgIpc) is 2.82. The molecule has 1 N–H and O–H groups in total. The summed E-state index contributed by atoms with van der Waals surface area (Å²) in [5, 5.41) is 2.91. The highest BCUT2D eigenvalue weighted by Gasteiger charge is 2.18. The number of nitrogens with one attached hydrogen (secondary N) is 1. The van der Waals surface area contributed by atoms with Crippen LogP contribution in [0.2, 0.25) is 0 Å². The van der Waals surface area contributed by atoms with Crippen molar-refractivity contribution >= 4 is 21.6 Å². The van der Waals surface area contributed by atoms with Crippen molar-refractivity contribution in [2.24, 2.45) is 0 Å². The highest BCUT2D eigenvalue weighted by molar-refractivity contribution is 7.92. The lowest BCUT2D eigenvalue weighted by molar-refractivity contribution is 0.0954. The van der Waals surface area contributed by atoms with Gasteiger partial charge < -0.3 is 14.8 Å². The number of benzene rings is 3. The van der Waals surface area contributed by atoms with E-state index in [0.717, 1.165) is 11.1 Å². The molecule has 0 heterocycles. The number of amides is 1. The molecule has 0 aliphatic rings. The normalized spacial score (nSPS) is 11.0. The molecular formula is C25H28N2O5S. The number of hydrogen-bond acceptors (Lipinski definition) is 5. The average molecular weight is 469 g/mol. The van der Waals surface area contributed by atoms with Crippen molar-refractivity contribution in [3.63, 3.8) is 0 Å². The highest BCUT2D eigenvalue weighted by atomic mass is 32.2. The lowest BCUT2D eigenvalue weighted by atomic mass is 10.1. The molecule has 3 rings (SSSR count). The molecule has 0 aromatic heterocycles. The molecule has 0 aliphatic heterocycles. The summed E-state index contributed by atoms with van der Waals surface area (Å²) < 4.78 is 36.4. The van der Waals surface area contributed by atoms with Gasteiger partial charge >= 0.3 is 0 Å². The topological polar surface area (TPSA) is 84.9 Å². The van der Waals surface area contributed by atoms with Crippen LogP contribution < -0.4 is 19.1 Å². The predicted molar refractivity (Wildman–Crippen MR) is 129 cm³/mol. The molecule has 7 nitrogen and oxygen atoms in total. The molecule has 174 valence electrons. The van der Waals surface area contributed by atoms with Crippen LogP contribution in [0.25, 0.3) is 0 Å². The number of para-hydroxylation sites is 1. The smallest absolute Gasteiger partial charge is 0.251 e. The summed E-state index contributed by atoms with van der Waals surface area (Å²) in [5.74, 6) is 1.12. The zero-order valence-electron chi connectivity index (χ0n) is 18.9. The quantitative estimate of drug-likeness (QED) is 0.491. The number of sulfonamides is 1. The number of hydrogen-bond donors (Lipinski definition) is 1. The van der Waals surface area contributed by atoms with E-state index in [0.29, 0.717) is 35.7 Å². The van der Waals surface area contributed by atoms with E-state index >= 15 is 0 Å². The minimum atomic E-state index is -3.45. The van der Waals surface area contributed by atoms with Crippen LogP contribution in [0.5, 0.6) is 11.5 Å². The van der Waals surface area contributed by atoms with Gasteiger partial charge in [-0.15, -0.1) is 0 Å². The van der Waals surface area contributed by atoms with Crippen LogP contribution in [0.4, 0.5) is 5.69 Å². The van der Waals surface area contributed by atoms with Crippen LogP contribution in [0.15, 0.2) is 72.8 Å². The molecule has 3 aromatic carbocycles. The summed E-state index contributed by atoms with van der Waals surface area (Å²) in [7, 11) is -0.281. The van der Waals surface area contributed by atoms with Gasteiger partial charge in [-0.2, -0.15) is 0 Å². The van der Waals surface area contributed by atoms with Crippen molar-refractivity contribution in [1.82, 2.24) is 5.32 Å².